The Labute approximate surface area is 130 Å². The number of hydrogen-bond acceptors (Lipinski definition) is 3. The summed E-state index contributed by atoms with van der Waals surface area (Å²) in [4.78, 5) is -0.110. The van der Waals surface area contributed by atoms with Crippen LogP contribution in [0.4, 0.5) is 10.1 Å². The molecule has 0 saturated carbocycles. The van der Waals surface area contributed by atoms with Gasteiger partial charge in [-0.25, -0.2) is 12.8 Å². The second-order valence-corrected chi connectivity index (χ2v) is 7.04. The fraction of sp³-hybridized carbons (Fsp3) is 0.143. The van der Waals surface area contributed by atoms with E-state index >= 15 is 0 Å². The molecule has 4 nitrogen and oxygen atoms in total. The molecular weight excluding hydrogens is 361 g/mol. The van der Waals surface area contributed by atoms with Crippen molar-refractivity contribution in [2.24, 2.45) is 0 Å². The van der Waals surface area contributed by atoms with E-state index in [-0.39, 0.29) is 10.5 Å². The van der Waals surface area contributed by atoms with E-state index in [4.69, 9.17) is 5.11 Å². The topological polar surface area (TPSA) is 66.4 Å². The number of benzene rings is 2. The average molecular weight is 374 g/mol. The van der Waals surface area contributed by atoms with Crippen LogP contribution in [0.3, 0.4) is 0 Å². The van der Waals surface area contributed by atoms with Crippen LogP contribution in [0, 0.1) is 12.7 Å². The van der Waals surface area contributed by atoms with Crippen LogP contribution in [0.15, 0.2) is 45.8 Å². The van der Waals surface area contributed by atoms with Crippen molar-refractivity contribution in [3.8, 4) is 0 Å². The number of nitrogens with one attached hydrogen (secondary N) is 1. The summed E-state index contributed by atoms with van der Waals surface area (Å²) in [5.74, 6) is -0.645. The summed E-state index contributed by atoms with van der Waals surface area (Å²) < 4.78 is 41.0. The molecule has 0 aliphatic rings. The summed E-state index contributed by atoms with van der Waals surface area (Å²) in [6.45, 7) is 1.27. The minimum absolute atomic E-state index is 0.0683. The molecule has 0 saturated heterocycles. The lowest BCUT2D eigenvalue weighted by atomic mass is 10.2. The maximum Gasteiger partial charge on any atom is 0.261 e. The summed E-state index contributed by atoms with van der Waals surface area (Å²) in [5.41, 5.74) is 1.22. The Morgan fingerprint density at radius 1 is 1.24 bits per heavy atom. The number of aryl methyl sites for hydroxylation is 1. The molecule has 0 radical (unpaired) electrons. The summed E-state index contributed by atoms with van der Waals surface area (Å²) in [6.07, 6.45) is 0. The first-order valence-electron chi connectivity index (χ1n) is 6.02. The van der Waals surface area contributed by atoms with Gasteiger partial charge in [0.05, 0.1) is 17.2 Å². The largest absolute Gasteiger partial charge is 0.392 e. The molecule has 2 aromatic carbocycles. The van der Waals surface area contributed by atoms with Crippen molar-refractivity contribution in [3.05, 3.63) is 57.8 Å². The van der Waals surface area contributed by atoms with Gasteiger partial charge >= 0.3 is 0 Å². The predicted octanol–water partition coefficient (Wildman–Crippen LogP) is 3.19. The van der Waals surface area contributed by atoms with Crippen LogP contribution in [0.5, 0.6) is 0 Å². The molecule has 0 aliphatic heterocycles. The van der Waals surface area contributed by atoms with Gasteiger partial charge in [0.25, 0.3) is 10.0 Å². The van der Waals surface area contributed by atoms with Gasteiger partial charge in [0.2, 0.25) is 0 Å². The van der Waals surface area contributed by atoms with Crippen LogP contribution >= 0.6 is 15.9 Å². The third kappa shape index (κ3) is 3.61. The molecular formula is C14H13BrFNO3S. The maximum atomic E-state index is 13.3. The zero-order valence-corrected chi connectivity index (χ0v) is 13.5. The van der Waals surface area contributed by atoms with Gasteiger partial charge in [-0.1, -0.05) is 6.07 Å². The number of hydrogen-bond donors (Lipinski definition) is 2. The van der Waals surface area contributed by atoms with Gasteiger partial charge in [0.15, 0.2) is 0 Å². The Kier molecular flexibility index (Phi) is 4.65. The molecule has 0 heterocycles. The smallest absolute Gasteiger partial charge is 0.261 e. The number of aliphatic hydroxyl groups excluding tert-OH is 1. The van der Waals surface area contributed by atoms with Crippen molar-refractivity contribution in [1.82, 2.24) is 0 Å². The highest BCUT2D eigenvalue weighted by Crippen LogP contribution is 2.26. The zero-order chi connectivity index (χ0) is 15.6. The first-order valence-corrected chi connectivity index (χ1v) is 8.29. The van der Waals surface area contributed by atoms with E-state index in [0.717, 1.165) is 23.8 Å². The van der Waals surface area contributed by atoms with Gasteiger partial charge in [-0.05, 0) is 58.7 Å². The monoisotopic (exact) mass is 373 g/mol. The van der Waals surface area contributed by atoms with E-state index < -0.39 is 22.4 Å². The molecule has 0 bridgehead atoms. The van der Waals surface area contributed by atoms with Crippen molar-refractivity contribution in [3.63, 3.8) is 0 Å². The van der Waals surface area contributed by atoms with Crippen molar-refractivity contribution < 1.29 is 17.9 Å². The van der Waals surface area contributed by atoms with E-state index in [1.54, 1.807) is 12.1 Å². The molecule has 7 heteroatoms. The maximum absolute atomic E-state index is 13.3. The van der Waals surface area contributed by atoms with E-state index in [1.165, 1.54) is 0 Å². The molecule has 0 fully saturated rings. The fourth-order valence-corrected chi connectivity index (χ4v) is 3.36. The first kappa shape index (κ1) is 15.9. The van der Waals surface area contributed by atoms with E-state index in [0.29, 0.717) is 10.2 Å². The number of aliphatic hydroxyl groups is 1. The minimum Gasteiger partial charge on any atom is -0.392 e. The van der Waals surface area contributed by atoms with Crippen LogP contribution < -0.4 is 4.72 Å². The third-order valence-corrected chi connectivity index (χ3v) is 4.92. The summed E-state index contributed by atoms with van der Waals surface area (Å²) in [5, 5.41) is 9.02. The van der Waals surface area contributed by atoms with Gasteiger partial charge in [-0.3, -0.25) is 4.72 Å². The van der Waals surface area contributed by atoms with Crippen molar-refractivity contribution in [2.45, 2.75) is 18.4 Å². The van der Waals surface area contributed by atoms with Crippen LogP contribution in [-0.4, -0.2) is 13.5 Å². The van der Waals surface area contributed by atoms with Gasteiger partial charge < -0.3 is 5.11 Å². The normalized spacial score (nSPS) is 11.4. The van der Waals surface area contributed by atoms with Crippen molar-refractivity contribution in [1.29, 1.82) is 0 Å². The molecule has 0 aliphatic carbocycles. The van der Waals surface area contributed by atoms with Crippen molar-refractivity contribution >= 4 is 31.6 Å². The first-order chi connectivity index (χ1) is 9.83. The number of rotatable bonds is 4. The standard InChI is InChI=1S/C14H13BrFNO3S/c1-9-2-4-12(15)14(6-9)17-21(19,20)11-3-5-13(16)10(7-11)8-18/h2-7,17-18H,8H2,1H3. The molecule has 112 valence electrons. The van der Waals surface area contributed by atoms with E-state index in [2.05, 4.69) is 20.7 Å². The fourth-order valence-electron chi connectivity index (χ4n) is 1.76. The van der Waals surface area contributed by atoms with E-state index in [1.807, 2.05) is 13.0 Å². The highest BCUT2D eigenvalue weighted by Gasteiger charge is 2.17. The molecule has 0 amide bonds. The molecule has 2 N–H and O–H groups in total. The Balaban J connectivity index is 2.41. The molecule has 0 aromatic heterocycles. The Morgan fingerprint density at radius 2 is 1.95 bits per heavy atom. The lowest BCUT2D eigenvalue weighted by Gasteiger charge is -2.11. The Morgan fingerprint density at radius 3 is 2.62 bits per heavy atom. The van der Waals surface area contributed by atoms with Crippen molar-refractivity contribution in [2.75, 3.05) is 4.72 Å². The molecule has 2 aromatic rings. The zero-order valence-electron chi connectivity index (χ0n) is 11.1. The highest BCUT2D eigenvalue weighted by molar-refractivity contribution is 9.10. The van der Waals surface area contributed by atoms with Gasteiger partial charge in [-0.15, -0.1) is 0 Å². The molecule has 2 rings (SSSR count). The summed E-state index contributed by atoms with van der Waals surface area (Å²) >= 11 is 3.27. The minimum atomic E-state index is -3.86. The number of anilines is 1. The molecule has 21 heavy (non-hydrogen) atoms. The lowest BCUT2D eigenvalue weighted by Crippen LogP contribution is -2.14. The molecule has 0 unspecified atom stereocenters. The molecule has 0 spiro atoms. The predicted molar refractivity (Wildman–Crippen MR) is 82.0 cm³/mol. The second-order valence-electron chi connectivity index (χ2n) is 4.50. The number of halogens is 2. The van der Waals surface area contributed by atoms with Crippen LogP contribution in [0.25, 0.3) is 0 Å². The van der Waals surface area contributed by atoms with Gasteiger partial charge in [0, 0.05) is 10.0 Å². The lowest BCUT2D eigenvalue weighted by molar-refractivity contribution is 0.275. The quantitative estimate of drug-likeness (QED) is 0.864. The second kappa shape index (κ2) is 6.13. The Bertz CT molecular complexity index is 778. The van der Waals surface area contributed by atoms with E-state index in [9.17, 15) is 12.8 Å². The summed E-state index contributed by atoms with van der Waals surface area (Å²) in [7, 11) is -3.86. The third-order valence-electron chi connectivity index (χ3n) is 2.86. The van der Waals surface area contributed by atoms with Gasteiger partial charge in [-0.2, -0.15) is 0 Å². The molecule has 0 atom stereocenters. The highest BCUT2D eigenvalue weighted by atomic mass is 79.9. The number of sulfonamides is 1. The van der Waals surface area contributed by atoms with Crippen LogP contribution in [-0.2, 0) is 16.6 Å². The average Bonchev–Trinajstić information content (AvgIpc) is 2.43. The summed E-state index contributed by atoms with van der Waals surface area (Å²) in [6, 6.07) is 8.53. The van der Waals surface area contributed by atoms with Crippen LogP contribution in [0.2, 0.25) is 0 Å². The Hall–Kier alpha value is -1.44. The SMILES string of the molecule is Cc1ccc(Br)c(NS(=O)(=O)c2ccc(F)c(CO)c2)c1. The van der Waals surface area contributed by atoms with Gasteiger partial charge in [0.1, 0.15) is 5.82 Å². The van der Waals surface area contributed by atoms with Crippen LogP contribution in [0.1, 0.15) is 11.1 Å².